The number of sulfone groups is 1. The molecule has 2 rings (SSSR count). The molecule has 0 amide bonds. The summed E-state index contributed by atoms with van der Waals surface area (Å²) in [4.78, 5) is 2.26. The lowest BCUT2D eigenvalue weighted by Crippen LogP contribution is -2.37. The molecule has 1 aliphatic rings. The maximum Gasteiger partial charge on any atom is 0.165 e. The molecule has 7 heteroatoms. The fourth-order valence-corrected chi connectivity index (χ4v) is 4.58. The van der Waals surface area contributed by atoms with Gasteiger partial charge in [0.15, 0.2) is 11.5 Å². The first kappa shape index (κ1) is 18.4. The number of piperidine rings is 1. The monoisotopic (exact) mass is 361 g/mol. The number of halogens is 1. The van der Waals surface area contributed by atoms with Crippen LogP contribution in [0.5, 0.6) is 11.5 Å². The van der Waals surface area contributed by atoms with Crippen molar-refractivity contribution in [2.24, 2.45) is 5.92 Å². The molecule has 1 aromatic carbocycles. The molecular formula is C16H24ClNO4S. The highest BCUT2D eigenvalue weighted by atomic mass is 35.5. The summed E-state index contributed by atoms with van der Waals surface area (Å²) in [6.45, 7) is 2.38. The minimum Gasteiger partial charge on any atom is -0.493 e. The Balaban J connectivity index is 2.14. The van der Waals surface area contributed by atoms with E-state index in [1.807, 2.05) is 6.07 Å². The molecule has 0 bridgehead atoms. The van der Waals surface area contributed by atoms with Crippen LogP contribution in [0.1, 0.15) is 18.4 Å². The third-order valence-electron chi connectivity index (χ3n) is 4.06. The van der Waals surface area contributed by atoms with Gasteiger partial charge in [0.1, 0.15) is 9.84 Å². The molecule has 0 saturated carbocycles. The van der Waals surface area contributed by atoms with Gasteiger partial charge in [0, 0.05) is 36.0 Å². The molecule has 5 nitrogen and oxygen atoms in total. The highest BCUT2D eigenvalue weighted by Gasteiger charge is 2.24. The summed E-state index contributed by atoms with van der Waals surface area (Å²) in [5.74, 6) is 1.73. The van der Waals surface area contributed by atoms with E-state index in [9.17, 15) is 8.42 Å². The Labute approximate surface area is 143 Å². The Hall–Kier alpha value is -0.980. The predicted molar refractivity (Wildman–Crippen MR) is 92.3 cm³/mol. The molecule has 0 aromatic heterocycles. The van der Waals surface area contributed by atoms with Crippen LogP contribution in [0.2, 0.25) is 5.02 Å². The van der Waals surface area contributed by atoms with Crippen molar-refractivity contribution in [3.05, 3.63) is 22.7 Å². The molecule has 0 aliphatic carbocycles. The van der Waals surface area contributed by atoms with Crippen LogP contribution in [-0.2, 0) is 16.4 Å². The van der Waals surface area contributed by atoms with Crippen molar-refractivity contribution in [1.82, 2.24) is 4.90 Å². The zero-order chi connectivity index (χ0) is 17.0. The predicted octanol–water partition coefficient (Wildman–Crippen LogP) is 2.61. The van der Waals surface area contributed by atoms with E-state index >= 15 is 0 Å². The first-order chi connectivity index (χ1) is 10.8. The Morgan fingerprint density at radius 2 is 2.04 bits per heavy atom. The van der Waals surface area contributed by atoms with Crippen LogP contribution < -0.4 is 9.47 Å². The Morgan fingerprint density at radius 3 is 2.65 bits per heavy atom. The fraction of sp³-hybridized carbons (Fsp3) is 0.625. The summed E-state index contributed by atoms with van der Waals surface area (Å²) in [6, 6.07) is 3.61. The van der Waals surface area contributed by atoms with Crippen LogP contribution in [0.25, 0.3) is 0 Å². The van der Waals surface area contributed by atoms with Gasteiger partial charge in [-0.15, -0.1) is 0 Å². The molecule has 0 unspecified atom stereocenters. The molecule has 1 aromatic rings. The largest absolute Gasteiger partial charge is 0.493 e. The lowest BCUT2D eigenvalue weighted by Gasteiger charge is -2.32. The molecule has 1 atom stereocenters. The third kappa shape index (κ3) is 5.26. The second-order valence-electron chi connectivity index (χ2n) is 6.14. The van der Waals surface area contributed by atoms with E-state index in [2.05, 4.69) is 4.90 Å². The van der Waals surface area contributed by atoms with Gasteiger partial charge in [-0.05, 0) is 31.4 Å². The highest BCUT2D eigenvalue weighted by molar-refractivity contribution is 7.90. The van der Waals surface area contributed by atoms with Gasteiger partial charge in [-0.1, -0.05) is 11.6 Å². The average Bonchev–Trinajstić information content (AvgIpc) is 2.45. The minimum absolute atomic E-state index is 0.186. The van der Waals surface area contributed by atoms with Gasteiger partial charge in [0.25, 0.3) is 0 Å². The van der Waals surface area contributed by atoms with E-state index in [0.29, 0.717) is 23.1 Å². The minimum atomic E-state index is -2.94. The summed E-state index contributed by atoms with van der Waals surface area (Å²) in [7, 11) is 0.251. The number of hydrogen-bond donors (Lipinski definition) is 0. The molecule has 0 spiro atoms. The number of rotatable bonds is 6. The van der Waals surface area contributed by atoms with Crippen LogP contribution >= 0.6 is 11.6 Å². The SMILES string of the molecule is COc1cc(Cl)cc(CN2CCC[C@H](CS(C)(=O)=O)C2)c1OC. The number of likely N-dealkylation sites (tertiary alicyclic amines) is 1. The number of ether oxygens (including phenoxy) is 2. The quantitative estimate of drug-likeness (QED) is 0.779. The number of hydrogen-bond acceptors (Lipinski definition) is 5. The van der Waals surface area contributed by atoms with Crippen LogP contribution in [0.3, 0.4) is 0 Å². The molecule has 23 heavy (non-hydrogen) atoms. The lowest BCUT2D eigenvalue weighted by molar-refractivity contribution is 0.175. The second-order valence-corrected chi connectivity index (χ2v) is 8.76. The molecule has 1 saturated heterocycles. The van der Waals surface area contributed by atoms with Crippen LogP contribution in [0, 0.1) is 5.92 Å². The van der Waals surface area contributed by atoms with Crippen LogP contribution in [0.15, 0.2) is 12.1 Å². The van der Waals surface area contributed by atoms with Crippen molar-refractivity contribution in [1.29, 1.82) is 0 Å². The first-order valence-electron chi connectivity index (χ1n) is 7.63. The van der Waals surface area contributed by atoms with Gasteiger partial charge >= 0.3 is 0 Å². The molecule has 0 radical (unpaired) electrons. The molecule has 0 N–H and O–H groups in total. The average molecular weight is 362 g/mol. The normalized spacial score (nSPS) is 19.6. The van der Waals surface area contributed by atoms with E-state index in [0.717, 1.165) is 31.5 Å². The Morgan fingerprint density at radius 1 is 1.30 bits per heavy atom. The van der Waals surface area contributed by atoms with Crippen LogP contribution in [-0.4, -0.2) is 52.6 Å². The zero-order valence-electron chi connectivity index (χ0n) is 13.8. The Bertz CT molecular complexity index is 648. The maximum atomic E-state index is 11.5. The third-order valence-corrected chi connectivity index (χ3v) is 5.35. The van der Waals surface area contributed by atoms with Crippen molar-refractivity contribution in [2.75, 3.05) is 39.3 Å². The number of nitrogens with zero attached hydrogens (tertiary/aromatic N) is 1. The van der Waals surface area contributed by atoms with E-state index in [1.165, 1.54) is 6.26 Å². The van der Waals surface area contributed by atoms with E-state index in [4.69, 9.17) is 21.1 Å². The summed E-state index contributed by atoms with van der Waals surface area (Å²) in [6.07, 6.45) is 3.26. The van der Waals surface area contributed by atoms with E-state index in [-0.39, 0.29) is 11.7 Å². The smallest absolute Gasteiger partial charge is 0.165 e. The second kappa shape index (κ2) is 7.73. The number of benzene rings is 1. The van der Waals surface area contributed by atoms with E-state index in [1.54, 1.807) is 20.3 Å². The van der Waals surface area contributed by atoms with Gasteiger partial charge in [-0.25, -0.2) is 8.42 Å². The van der Waals surface area contributed by atoms with Crippen molar-refractivity contribution < 1.29 is 17.9 Å². The molecule has 130 valence electrons. The molecule has 1 fully saturated rings. The van der Waals surface area contributed by atoms with Gasteiger partial charge in [-0.3, -0.25) is 4.90 Å². The van der Waals surface area contributed by atoms with Gasteiger partial charge < -0.3 is 9.47 Å². The van der Waals surface area contributed by atoms with Crippen molar-refractivity contribution >= 4 is 21.4 Å². The lowest BCUT2D eigenvalue weighted by atomic mass is 9.99. The standard InChI is InChI=1S/C16H24ClNO4S/c1-21-15-8-14(17)7-13(16(15)22-2)10-18-6-4-5-12(9-18)11-23(3,19)20/h7-8,12H,4-6,9-11H2,1-3H3/t12-/m0/s1. The summed E-state index contributed by atoms with van der Waals surface area (Å²) >= 11 is 6.16. The summed E-state index contributed by atoms with van der Waals surface area (Å²) in [5.41, 5.74) is 0.955. The summed E-state index contributed by atoms with van der Waals surface area (Å²) < 4.78 is 33.8. The van der Waals surface area contributed by atoms with E-state index < -0.39 is 9.84 Å². The molecule has 1 heterocycles. The maximum absolute atomic E-state index is 11.5. The first-order valence-corrected chi connectivity index (χ1v) is 10.1. The fourth-order valence-electron chi connectivity index (χ4n) is 3.22. The summed E-state index contributed by atoms with van der Waals surface area (Å²) in [5, 5.41) is 0.599. The van der Waals surface area contributed by atoms with Gasteiger partial charge in [-0.2, -0.15) is 0 Å². The van der Waals surface area contributed by atoms with Crippen molar-refractivity contribution in [2.45, 2.75) is 19.4 Å². The Kier molecular flexibility index (Phi) is 6.17. The molecule has 1 aliphatic heterocycles. The van der Waals surface area contributed by atoms with Crippen LogP contribution in [0.4, 0.5) is 0 Å². The molecular weight excluding hydrogens is 338 g/mol. The highest BCUT2D eigenvalue weighted by Crippen LogP contribution is 2.35. The van der Waals surface area contributed by atoms with Crippen molar-refractivity contribution in [3.8, 4) is 11.5 Å². The zero-order valence-corrected chi connectivity index (χ0v) is 15.4. The van der Waals surface area contributed by atoms with Gasteiger partial charge in [0.05, 0.1) is 20.0 Å². The topological polar surface area (TPSA) is 55.8 Å². The van der Waals surface area contributed by atoms with Crippen molar-refractivity contribution in [3.63, 3.8) is 0 Å². The van der Waals surface area contributed by atoms with Gasteiger partial charge in [0.2, 0.25) is 0 Å². The number of methoxy groups -OCH3 is 2.